The summed E-state index contributed by atoms with van der Waals surface area (Å²) < 4.78 is 0. The third-order valence-corrected chi connectivity index (χ3v) is 6.64. The van der Waals surface area contributed by atoms with Crippen molar-refractivity contribution in [2.75, 3.05) is 6.61 Å². The normalized spacial score (nSPS) is 38.8. The van der Waals surface area contributed by atoms with Gasteiger partial charge in [-0.2, -0.15) is 0 Å². The number of carbonyl (C=O) groups is 1. The summed E-state index contributed by atoms with van der Waals surface area (Å²) in [6.07, 6.45) is 14.0. The van der Waals surface area contributed by atoms with Crippen LogP contribution in [0.2, 0.25) is 0 Å². The van der Waals surface area contributed by atoms with Gasteiger partial charge in [-0.1, -0.05) is 45.4 Å². The Labute approximate surface area is 135 Å². The second-order valence-corrected chi connectivity index (χ2v) is 7.86. The van der Waals surface area contributed by atoms with E-state index in [-0.39, 0.29) is 18.1 Å². The summed E-state index contributed by atoms with van der Waals surface area (Å²) in [7, 11) is 0. The van der Waals surface area contributed by atoms with Gasteiger partial charge >= 0.3 is 0 Å². The summed E-state index contributed by atoms with van der Waals surface area (Å²) >= 11 is 0. The van der Waals surface area contributed by atoms with Crippen molar-refractivity contribution < 1.29 is 9.90 Å². The van der Waals surface area contributed by atoms with Gasteiger partial charge in [-0.25, -0.2) is 0 Å². The molecule has 2 heterocycles. The van der Waals surface area contributed by atoms with E-state index in [4.69, 9.17) is 0 Å². The van der Waals surface area contributed by atoms with Crippen molar-refractivity contribution in [1.82, 2.24) is 4.90 Å². The summed E-state index contributed by atoms with van der Waals surface area (Å²) in [5.41, 5.74) is 0.121. The van der Waals surface area contributed by atoms with E-state index < -0.39 is 0 Å². The van der Waals surface area contributed by atoms with Crippen molar-refractivity contribution in [3.63, 3.8) is 0 Å². The molecule has 3 aliphatic rings. The van der Waals surface area contributed by atoms with E-state index >= 15 is 0 Å². The summed E-state index contributed by atoms with van der Waals surface area (Å²) in [5.74, 6) is 0.805. The molecule has 0 radical (unpaired) electrons. The first-order valence-electron chi connectivity index (χ1n) is 9.65. The van der Waals surface area contributed by atoms with Crippen LogP contribution < -0.4 is 0 Å². The van der Waals surface area contributed by atoms with Crippen LogP contribution in [0, 0.1) is 5.92 Å². The summed E-state index contributed by atoms with van der Waals surface area (Å²) in [6.45, 7) is 2.52. The molecule has 3 nitrogen and oxygen atoms in total. The van der Waals surface area contributed by atoms with Crippen molar-refractivity contribution in [2.45, 2.75) is 102 Å². The number of aliphatic hydroxyl groups excluding tert-OH is 1. The quantitative estimate of drug-likeness (QED) is 0.761. The Morgan fingerprint density at radius 3 is 2.77 bits per heavy atom. The maximum absolute atomic E-state index is 12.8. The lowest BCUT2D eigenvalue weighted by atomic mass is 9.65. The lowest BCUT2D eigenvalue weighted by Gasteiger charge is -2.55. The maximum Gasteiger partial charge on any atom is 0.139 e. The first-order chi connectivity index (χ1) is 10.7. The standard InChI is InChI=1S/C19H33NO2/c1-2-3-4-5-8-15-13-18(22)17-9-6-7-11-19(17)12-10-16(14-21)20(15)19/h15-17,21H,2-14H2,1H3/t15?,16-,17+,19-/m1/s1. The van der Waals surface area contributed by atoms with Gasteiger partial charge in [-0.3, -0.25) is 9.69 Å². The molecule has 126 valence electrons. The van der Waals surface area contributed by atoms with Gasteiger partial charge < -0.3 is 5.11 Å². The van der Waals surface area contributed by atoms with Crippen LogP contribution in [0.1, 0.15) is 84.0 Å². The Hall–Kier alpha value is -0.410. The molecule has 1 aliphatic carbocycles. The molecule has 1 N–H and O–H groups in total. The molecule has 3 rings (SSSR count). The molecule has 3 heteroatoms. The Morgan fingerprint density at radius 2 is 2.00 bits per heavy atom. The first-order valence-corrected chi connectivity index (χ1v) is 9.65. The van der Waals surface area contributed by atoms with Gasteiger partial charge in [-0.15, -0.1) is 0 Å². The smallest absolute Gasteiger partial charge is 0.139 e. The van der Waals surface area contributed by atoms with E-state index in [0.29, 0.717) is 17.9 Å². The fraction of sp³-hybridized carbons (Fsp3) is 0.947. The molecular weight excluding hydrogens is 274 g/mol. The van der Waals surface area contributed by atoms with Crippen LogP contribution in [0.15, 0.2) is 0 Å². The maximum atomic E-state index is 12.8. The molecule has 0 aromatic rings. The zero-order chi connectivity index (χ0) is 15.6. The summed E-state index contributed by atoms with van der Waals surface area (Å²) in [5, 5.41) is 9.86. The summed E-state index contributed by atoms with van der Waals surface area (Å²) in [4.78, 5) is 15.4. The number of hydrogen-bond donors (Lipinski definition) is 1. The predicted octanol–water partition coefficient (Wildman–Crippen LogP) is 3.68. The lowest BCUT2D eigenvalue weighted by Crippen LogP contribution is -2.64. The van der Waals surface area contributed by atoms with Crippen LogP contribution in [0.4, 0.5) is 0 Å². The van der Waals surface area contributed by atoms with Crippen LogP contribution in [-0.4, -0.2) is 40.0 Å². The van der Waals surface area contributed by atoms with Crippen molar-refractivity contribution in [3.8, 4) is 0 Å². The number of carbonyl (C=O) groups excluding carboxylic acids is 1. The average molecular weight is 307 g/mol. The molecular formula is C19H33NO2. The van der Waals surface area contributed by atoms with Crippen LogP contribution in [-0.2, 0) is 4.79 Å². The zero-order valence-electron chi connectivity index (χ0n) is 14.2. The van der Waals surface area contributed by atoms with Gasteiger partial charge in [0.25, 0.3) is 0 Å². The van der Waals surface area contributed by atoms with Crippen molar-refractivity contribution in [1.29, 1.82) is 0 Å². The van der Waals surface area contributed by atoms with E-state index in [2.05, 4.69) is 11.8 Å². The second-order valence-electron chi connectivity index (χ2n) is 7.86. The highest BCUT2D eigenvalue weighted by molar-refractivity contribution is 5.84. The van der Waals surface area contributed by atoms with Crippen LogP contribution in [0.25, 0.3) is 0 Å². The molecule has 0 aromatic heterocycles. The van der Waals surface area contributed by atoms with Crippen molar-refractivity contribution >= 4 is 5.78 Å². The van der Waals surface area contributed by atoms with Crippen LogP contribution in [0.5, 0.6) is 0 Å². The molecule has 2 aliphatic heterocycles. The van der Waals surface area contributed by atoms with E-state index in [1.807, 2.05) is 0 Å². The van der Waals surface area contributed by atoms with Crippen molar-refractivity contribution in [3.05, 3.63) is 0 Å². The van der Waals surface area contributed by atoms with Crippen LogP contribution >= 0.6 is 0 Å². The number of aliphatic hydroxyl groups is 1. The van der Waals surface area contributed by atoms with Gasteiger partial charge in [0.2, 0.25) is 0 Å². The average Bonchev–Trinajstić information content (AvgIpc) is 2.90. The molecule has 1 saturated carbocycles. The zero-order valence-corrected chi connectivity index (χ0v) is 14.2. The van der Waals surface area contributed by atoms with Gasteiger partial charge in [0.1, 0.15) is 5.78 Å². The largest absolute Gasteiger partial charge is 0.395 e. The van der Waals surface area contributed by atoms with Gasteiger partial charge in [0.05, 0.1) is 6.61 Å². The molecule has 0 aromatic carbocycles. The summed E-state index contributed by atoms with van der Waals surface area (Å²) in [6, 6.07) is 0.711. The minimum Gasteiger partial charge on any atom is -0.395 e. The lowest BCUT2D eigenvalue weighted by molar-refractivity contribution is -0.144. The fourth-order valence-corrected chi connectivity index (χ4v) is 5.70. The topological polar surface area (TPSA) is 40.5 Å². The number of hydrogen-bond acceptors (Lipinski definition) is 3. The molecule has 1 spiro atoms. The third-order valence-electron chi connectivity index (χ3n) is 6.64. The number of unbranched alkanes of at least 4 members (excludes halogenated alkanes) is 3. The number of ketones is 1. The highest BCUT2D eigenvalue weighted by Crippen LogP contribution is 2.53. The Morgan fingerprint density at radius 1 is 1.14 bits per heavy atom. The number of nitrogens with zero attached hydrogens (tertiary/aromatic N) is 1. The van der Waals surface area contributed by atoms with E-state index in [1.165, 1.54) is 44.9 Å². The monoisotopic (exact) mass is 307 g/mol. The minimum absolute atomic E-state index is 0.121. The Balaban J connectivity index is 1.77. The first kappa shape index (κ1) is 16.4. The molecule has 0 amide bonds. The Bertz CT molecular complexity index is 397. The molecule has 1 unspecified atom stereocenters. The molecule has 0 bridgehead atoms. The minimum atomic E-state index is 0.121. The fourth-order valence-electron chi connectivity index (χ4n) is 5.70. The SMILES string of the molecule is CCCCCCC1CC(=O)[C@@H]2CCCC[C@@]23CC[C@H](CO)N13. The molecule has 22 heavy (non-hydrogen) atoms. The van der Waals surface area contributed by atoms with E-state index in [9.17, 15) is 9.90 Å². The Kier molecular flexibility index (Phi) is 5.24. The van der Waals surface area contributed by atoms with Crippen LogP contribution in [0.3, 0.4) is 0 Å². The highest BCUT2D eigenvalue weighted by atomic mass is 16.3. The predicted molar refractivity (Wildman–Crippen MR) is 88.8 cm³/mol. The molecule has 2 saturated heterocycles. The second kappa shape index (κ2) is 7.00. The van der Waals surface area contributed by atoms with E-state index in [0.717, 1.165) is 32.1 Å². The van der Waals surface area contributed by atoms with Crippen molar-refractivity contribution in [2.24, 2.45) is 5.92 Å². The van der Waals surface area contributed by atoms with E-state index in [1.54, 1.807) is 0 Å². The van der Waals surface area contributed by atoms with Gasteiger partial charge in [0.15, 0.2) is 0 Å². The highest BCUT2D eigenvalue weighted by Gasteiger charge is 2.58. The van der Waals surface area contributed by atoms with Gasteiger partial charge in [-0.05, 0) is 32.1 Å². The number of rotatable bonds is 6. The molecule has 4 atom stereocenters. The third kappa shape index (κ3) is 2.75. The molecule has 3 fully saturated rings. The number of piperidine rings is 1. The van der Waals surface area contributed by atoms with Gasteiger partial charge in [0, 0.05) is 30.0 Å². The number of Topliss-reactive ketones (excluding diaryl/α,β-unsaturated/α-hetero) is 1.